The van der Waals surface area contributed by atoms with Gasteiger partial charge in [-0.1, -0.05) is 13.0 Å². The van der Waals surface area contributed by atoms with Crippen molar-refractivity contribution in [2.75, 3.05) is 5.32 Å². The molecule has 98 valence electrons. The second kappa shape index (κ2) is 5.05. The first-order valence-electron chi connectivity index (χ1n) is 6.43. The third-order valence-electron chi connectivity index (χ3n) is 3.13. The summed E-state index contributed by atoms with van der Waals surface area (Å²) in [7, 11) is 0. The maximum absolute atomic E-state index is 5.49. The molecule has 1 N–H and O–H groups in total. The standard InChI is InChI=1S/C15H16N2OS/c1-3-12(15-5-4-8-19-15)17-11-6-7-14-13(9-11)16-10(2)18-14/h4-9,12,17H,3H2,1-2H3. The molecule has 4 heteroatoms. The van der Waals surface area contributed by atoms with Crippen molar-refractivity contribution in [2.24, 2.45) is 0 Å². The van der Waals surface area contributed by atoms with Crippen molar-refractivity contribution in [1.29, 1.82) is 0 Å². The van der Waals surface area contributed by atoms with Gasteiger partial charge in [0.2, 0.25) is 0 Å². The Morgan fingerprint density at radius 1 is 1.37 bits per heavy atom. The second-order valence-electron chi connectivity index (χ2n) is 4.54. The van der Waals surface area contributed by atoms with E-state index in [9.17, 15) is 0 Å². The summed E-state index contributed by atoms with van der Waals surface area (Å²) in [6, 6.07) is 10.7. The van der Waals surface area contributed by atoms with Crippen LogP contribution in [0.2, 0.25) is 0 Å². The van der Waals surface area contributed by atoms with Gasteiger partial charge in [-0.05, 0) is 36.1 Å². The van der Waals surface area contributed by atoms with Crippen LogP contribution in [0.4, 0.5) is 5.69 Å². The van der Waals surface area contributed by atoms with Crippen LogP contribution in [-0.4, -0.2) is 4.98 Å². The molecule has 0 amide bonds. The van der Waals surface area contributed by atoms with Gasteiger partial charge in [0.1, 0.15) is 5.52 Å². The molecule has 3 nitrogen and oxygen atoms in total. The molecule has 1 unspecified atom stereocenters. The van der Waals surface area contributed by atoms with Crippen LogP contribution in [0.5, 0.6) is 0 Å². The van der Waals surface area contributed by atoms with Gasteiger partial charge in [0.15, 0.2) is 11.5 Å². The van der Waals surface area contributed by atoms with E-state index in [1.807, 2.05) is 25.1 Å². The first-order chi connectivity index (χ1) is 9.26. The van der Waals surface area contributed by atoms with Gasteiger partial charge in [-0.3, -0.25) is 0 Å². The molecule has 0 aliphatic rings. The number of hydrogen-bond donors (Lipinski definition) is 1. The van der Waals surface area contributed by atoms with E-state index in [0.29, 0.717) is 11.9 Å². The lowest BCUT2D eigenvalue weighted by Gasteiger charge is -2.16. The Morgan fingerprint density at radius 3 is 3.00 bits per heavy atom. The maximum Gasteiger partial charge on any atom is 0.192 e. The molecule has 2 heterocycles. The summed E-state index contributed by atoms with van der Waals surface area (Å²) in [5, 5.41) is 5.68. The maximum atomic E-state index is 5.49. The smallest absolute Gasteiger partial charge is 0.192 e. The van der Waals surface area contributed by atoms with Crippen molar-refractivity contribution < 1.29 is 4.42 Å². The number of rotatable bonds is 4. The van der Waals surface area contributed by atoms with Crippen molar-refractivity contribution >= 4 is 28.1 Å². The van der Waals surface area contributed by atoms with Gasteiger partial charge >= 0.3 is 0 Å². The quantitative estimate of drug-likeness (QED) is 0.744. The Labute approximate surface area is 116 Å². The minimum absolute atomic E-state index is 0.352. The van der Waals surface area contributed by atoms with E-state index in [1.54, 1.807) is 11.3 Å². The number of aryl methyl sites for hydroxylation is 1. The van der Waals surface area contributed by atoms with Crippen LogP contribution >= 0.6 is 11.3 Å². The van der Waals surface area contributed by atoms with E-state index in [4.69, 9.17) is 4.42 Å². The van der Waals surface area contributed by atoms with Gasteiger partial charge < -0.3 is 9.73 Å². The molecule has 0 fully saturated rings. The van der Waals surface area contributed by atoms with E-state index >= 15 is 0 Å². The third kappa shape index (κ3) is 2.49. The first-order valence-corrected chi connectivity index (χ1v) is 7.31. The highest BCUT2D eigenvalue weighted by Gasteiger charge is 2.11. The highest BCUT2D eigenvalue weighted by molar-refractivity contribution is 7.10. The van der Waals surface area contributed by atoms with Crippen LogP contribution in [0.15, 0.2) is 40.1 Å². The zero-order chi connectivity index (χ0) is 13.2. The number of hydrogen-bond acceptors (Lipinski definition) is 4. The number of fused-ring (bicyclic) bond motifs is 1. The molecule has 19 heavy (non-hydrogen) atoms. The number of aromatic nitrogens is 1. The van der Waals surface area contributed by atoms with E-state index in [0.717, 1.165) is 23.2 Å². The lowest BCUT2D eigenvalue weighted by Crippen LogP contribution is -2.07. The number of nitrogens with one attached hydrogen (secondary N) is 1. The largest absolute Gasteiger partial charge is 0.441 e. The van der Waals surface area contributed by atoms with Crippen LogP contribution in [0.1, 0.15) is 30.2 Å². The molecule has 1 atom stereocenters. The lowest BCUT2D eigenvalue weighted by atomic mass is 10.1. The van der Waals surface area contributed by atoms with Gasteiger partial charge in [0.05, 0.1) is 6.04 Å². The van der Waals surface area contributed by atoms with E-state index < -0.39 is 0 Å². The van der Waals surface area contributed by atoms with Crippen LogP contribution in [-0.2, 0) is 0 Å². The summed E-state index contributed by atoms with van der Waals surface area (Å²) >= 11 is 1.79. The fraction of sp³-hybridized carbons (Fsp3) is 0.267. The van der Waals surface area contributed by atoms with Gasteiger partial charge in [0, 0.05) is 17.5 Å². The summed E-state index contributed by atoms with van der Waals surface area (Å²) in [5.41, 5.74) is 2.83. The summed E-state index contributed by atoms with van der Waals surface area (Å²) in [5.74, 6) is 0.706. The summed E-state index contributed by atoms with van der Waals surface area (Å²) in [6.07, 6.45) is 1.05. The van der Waals surface area contributed by atoms with Gasteiger partial charge in [-0.15, -0.1) is 11.3 Å². The van der Waals surface area contributed by atoms with Crippen LogP contribution in [0, 0.1) is 6.92 Å². The molecule has 1 aromatic carbocycles. The normalized spacial score (nSPS) is 12.7. The number of benzene rings is 1. The van der Waals surface area contributed by atoms with Crippen LogP contribution < -0.4 is 5.32 Å². The SMILES string of the molecule is CCC(Nc1ccc2oc(C)nc2c1)c1cccs1. The molecule has 2 aromatic heterocycles. The van der Waals surface area contributed by atoms with E-state index in [1.165, 1.54) is 4.88 Å². The predicted octanol–water partition coefficient (Wildman–Crippen LogP) is 4.76. The predicted molar refractivity (Wildman–Crippen MR) is 79.7 cm³/mol. The molecular weight excluding hydrogens is 256 g/mol. The first kappa shape index (κ1) is 12.2. The van der Waals surface area contributed by atoms with E-state index in [-0.39, 0.29) is 0 Å². The average molecular weight is 272 g/mol. The Kier molecular flexibility index (Phi) is 3.25. The minimum Gasteiger partial charge on any atom is -0.441 e. The molecule has 3 rings (SSSR count). The number of oxazole rings is 1. The van der Waals surface area contributed by atoms with Crippen LogP contribution in [0.25, 0.3) is 11.1 Å². The van der Waals surface area contributed by atoms with E-state index in [2.05, 4.69) is 34.7 Å². The Bertz CT molecular complexity index is 673. The Balaban J connectivity index is 1.87. The van der Waals surface area contributed by atoms with Crippen molar-refractivity contribution in [3.05, 3.63) is 46.5 Å². The highest BCUT2D eigenvalue weighted by Crippen LogP contribution is 2.27. The molecule has 0 saturated heterocycles. The summed E-state index contributed by atoms with van der Waals surface area (Å²) in [4.78, 5) is 5.73. The third-order valence-corrected chi connectivity index (χ3v) is 4.12. The van der Waals surface area contributed by atoms with Gasteiger partial charge in [-0.2, -0.15) is 0 Å². The van der Waals surface area contributed by atoms with Crippen molar-refractivity contribution in [2.45, 2.75) is 26.3 Å². The highest BCUT2D eigenvalue weighted by atomic mass is 32.1. The number of nitrogens with zero attached hydrogens (tertiary/aromatic N) is 1. The molecule has 3 aromatic rings. The molecule has 0 bridgehead atoms. The van der Waals surface area contributed by atoms with Gasteiger partial charge in [-0.25, -0.2) is 4.98 Å². The lowest BCUT2D eigenvalue weighted by molar-refractivity contribution is 0.561. The fourth-order valence-electron chi connectivity index (χ4n) is 2.20. The van der Waals surface area contributed by atoms with Crippen molar-refractivity contribution in [1.82, 2.24) is 4.98 Å². The Morgan fingerprint density at radius 2 is 2.26 bits per heavy atom. The molecular formula is C15H16N2OS. The molecule has 0 aliphatic carbocycles. The fourth-order valence-corrected chi connectivity index (χ4v) is 3.06. The monoisotopic (exact) mass is 272 g/mol. The average Bonchev–Trinajstić information content (AvgIpc) is 3.03. The topological polar surface area (TPSA) is 38.1 Å². The van der Waals surface area contributed by atoms with Gasteiger partial charge in [0.25, 0.3) is 0 Å². The number of anilines is 1. The summed E-state index contributed by atoms with van der Waals surface area (Å²) in [6.45, 7) is 4.06. The van der Waals surface area contributed by atoms with Crippen molar-refractivity contribution in [3.8, 4) is 0 Å². The summed E-state index contributed by atoms with van der Waals surface area (Å²) < 4.78 is 5.49. The number of thiophene rings is 1. The zero-order valence-electron chi connectivity index (χ0n) is 11.0. The van der Waals surface area contributed by atoms with Crippen molar-refractivity contribution in [3.63, 3.8) is 0 Å². The molecule has 0 radical (unpaired) electrons. The zero-order valence-corrected chi connectivity index (χ0v) is 11.8. The Hall–Kier alpha value is -1.81. The molecule has 0 aliphatic heterocycles. The second-order valence-corrected chi connectivity index (χ2v) is 5.52. The van der Waals surface area contributed by atoms with Crippen LogP contribution in [0.3, 0.4) is 0 Å². The minimum atomic E-state index is 0.352. The molecule has 0 saturated carbocycles. The molecule has 0 spiro atoms.